The van der Waals surface area contributed by atoms with E-state index in [0.29, 0.717) is 24.9 Å². The van der Waals surface area contributed by atoms with Crippen molar-refractivity contribution >= 4 is 11.8 Å². The van der Waals surface area contributed by atoms with Crippen LogP contribution in [0.25, 0.3) is 0 Å². The molecular weight excluding hydrogens is 373 g/mol. The summed E-state index contributed by atoms with van der Waals surface area (Å²) in [6, 6.07) is 10.7. The highest BCUT2D eigenvalue weighted by atomic mass is 19.1. The Morgan fingerprint density at radius 2 is 2.07 bits per heavy atom. The van der Waals surface area contributed by atoms with Gasteiger partial charge in [0.25, 0.3) is 0 Å². The molecule has 1 aliphatic heterocycles. The van der Waals surface area contributed by atoms with Crippen molar-refractivity contribution in [3.63, 3.8) is 0 Å². The molecule has 2 aromatic rings. The molecule has 1 aliphatic rings. The summed E-state index contributed by atoms with van der Waals surface area (Å²) in [5, 5.41) is 6.68. The lowest BCUT2D eigenvalue weighted by Crippen LogP contribution is -2.47. The van der Waals surface area contributed by atoms with Gasteiger partial charge in [-0.1, -0.05) is 0 Å². The Bertz CT molecular complexity index is 815. The number of pyridine rings is 1. The van der Waals surface area contributed by atoms with E-state index in [1.807, 2.05) is 36.1 Å². The van der Waals surface area contributed by atoms with Crippen molar-refractivity contribution < 1.29 is 13.9 Å². The van der Waals surface area contributed by atoms with Crippen molar-refractivity contribution in [2.24, 2.45) is 4.99 Å². The summed E-state index contributed by atoms with van der Waals surface area (Å²) in [6.07, 6.45) is 2.45. The Hall–Kier alpha value is -3.03. The van der Waals surface area contributed by atoms with E-state index in [9.17, 15) is 4.39 Å². The van der Waals surface area contributed by atoms with Gasteiger partial charge in [-0.2, -0.15) is 0 Å². The third kappa shape index (κ3) is 5.73. The highest BCUT2D eigenvalue weighted by Crippen LogP contribution is 2.21. The van der Waals surface area contributed by atoms with Crippen molar-refractivity contribution in [2.45, 2.75) is 25.5 Å². The van der Waals surface area contributed by atoms with E-state index in [2.05, 4.69) is 20.6 Å². The normalized spacial score (nSPS) is 17.7. The van der Waals surface area contributed by atoms with Crippen LogP contribution in [0, 0.1) is 5.82 Å². The molecule has 2 heterocycles. The third-order valence-corrected chi connectivity index (χ3v) is 4.74. The van der Waals surface area contributed by atoms with Gasteiger partial charge in [0.2, 0.25) is 0 Å². The first-order valence-electron chi connectivity index (χ1n) is 9.72. The minimum Gasteiger partial charge on any atom is -0.497 e. The molecule has 8 heteroatoms. The number of guanidine groups is 1. The molecular formula is C21H28FN5O2. The fourth-order valence-electron chi connectivity index (χ4n) is 3.24. The van der Waals surface area contributed by atoms with Crippen LogP contribution in [-0.2, 0) is 0 Å². The number of anilines is 1. The number of rotatable bonds is 7. The van der Waals surface area contributed by atoms with Gasteiger partial charge in [-0.05, 0) is 49.7 Å². The van der Waals surface area contributed by atoms with Crippen LogP contribution in [0.15, 0.2) is 47.6 Å². The first-order valence-corrected chi connectivity index (χ1v) is 9.72. The number of aliphatic imine (C=N–C) groups is 1. The predicted molar refractivity (Wildman–Crippen MR) is 112 cm³/mol. The van der Waals surface area contributed by atoms with E-state index in [0.717, 1.165) is 24.5 Å². The largest absolute Gasteiger partial charge is 0.497 e. The summed E-state index contributed by atoms with van der Waals surface area (Å²) in [4.78, 5) is 10.4. The Labute approximate surface area is 170 Å². The summed E-state index contributed by atoms with van der Waals surface area (Å²) < 4.78 is 25.0. The number of hydrogen-bond donors (Lipinski definition) is 2. The molecule has 7 nitrogen and oxygen atoms in total. The first kappa shape index (κ1) is 20.7. The number of nitrogens with one attached hydrogen (secondary N) is 2. The second kappa shape index (κ2) is 9.95. The molecule has 1 aromatic carbocycles. The summed E-state index contributed by atoms with van der Waals surface area (Å²) in [6.45, 7) is 4.01. The molecule has 0 spiro atoms. The maximum Gasteiger partial charge on any atom is 0.191 e. The standard InChI is InChI=1S/C21H28FN5O2/c1-15(29-18-8-6-17(28-3)7-9-18)13-25-21(23-2)26-16-10-12-27(14-16)20-19(22)5-4-11-24-20/h4-9,11,15-16H,10,12-14H2,1-3H3,(H2,23,25,26). The molecule has 0 saturated carbocycles. The number of benzene rings is 1. The molecule has 2 atom stereocenters. The molecule has 2 N–H and O–H groups in total. The van der Waals surface area contributed by atoms with Crippen LogP contribution in [0.4, 0.5) is 10.2 Å². The Morgan fingerprint density at radius 1 is 1.31 bits per heavy atom. The lowest BCUT2D eigenvalue weighted by atomic mass is 10.3. The van der Waals surface area contributed by atoms with Crippen molar-refractivity contribution in [2.75, 3.05) is 38.7 Å². The number of hydrogen-bond acceptors (Lipinski definition) is 5. The van der Waals surface area contributed by atoms with Gasteiger partial charge >= 0.3 is 0 Å². The minimum atomic E-state index is -0.292. The van der Waals surface area contributed by atoms with Crippen LogP contribution >= 0.6 is 0 Å². The Kier molecular flexibility index (Phi) is 7.10. The summed E-state index contributed by atoms with van der Waals surface area (Å²) in [5.41, 5.74) is 0. The number of nitrogens with zero attached hydrogens (tertiary/aromatic N) is 3. The number of halogens is 1. The lowest BCUT2D eigenvalue weighted by molar-refractivity contribution is 0.223. The highest BCUT2D eigenvalue weighted by molar-refractivity contribution is 5.80. The molecule has 29 heavy (non-hydrogen) atoms. The molecule has 156 valence electrons. The lowest BCUT2D eigenvalue weighted by Gasteiger charge is -2.21. The van der Waals surface area contributed by atoms with Gasteiger partial charge in [-0.15, -0.1) is 0 Å². The number of aromatic nitrogens is 1. The summed E-state index contributed by atoms with van der Waals surface area (Å²) in [7, 11) is 3.37. The second-order valence-corrected chi connectivity index (χ2v) is 6.94. The van der Waals surface area contributed by atoms with Gasteiger partial charge in [0, 0.05) is 32.4 Å². The summed E-state index contributed by atoms with van der Waals surface area (Å²) in [5.74, 6) is 2.39. The van der Waals surface area contributed by atoms with Crippen LogP contribution in [-0.4, -0.2) is 56.9 Å². The van der Waals surface area contributed by atoms with Crippen molar-refractivity contribution in [1.29, 1.82) is 0 Å². The first-order chi connectivity index (χ1) is 14.1. The topological polar surface area (TPSA) is 71.0 Å². The molecule has 0 bridgehead atoms. The van der Waals surface area contributed by atoms with Gasteiger partial charge in [-0.25, -0.2) is 9.37 Å². The zero-order valence-electron chi connectivity index (χ0n) is 17.1. The molecule has 2 unspecified atom stereocenters. The van der Waals surface area contributed by atoms with Crippen LogP contribution in [0.1, 0.15) is 13.3 Å². The van der Waals surface area contributed by atoms with E-state index in [1.165, 1.54) is 6.07 Å². The molecule has 3 rings (SSSR count). The SMILES string of the molecule is CN=C(NCC(C)Oc1ccc(OC)cc1)NC1CCN(c2ncccc2F)C1. The van der Waals surface area contributed by atoms with E-state index in [-0.39, 0.29) is 18.0 Å². The van der Waals surface area contributed by atoms with Crippen LogP contribution < -0.4 is 25.0 Å². The monoisotopic (exact) mass is 401 g/mol. The van der Waals surface area contributed by atoms with Crippen molar-refractivity contribution in [3.8, 4) is 11.5 Å². The molecule has 0 aliphatic carbocycles. The van der Waals surface area contributed by atoms with Crippen LogP contribution in [0.5, 0.6) is 11.5 Å². The molecule has 1 saturated heterocycles. The van der Waals surface area contributed by atoms with Crippen molar-refractivity contribution in [3.05, 3.63) is 48.4 Å². The van der Waals surface area contributed by atoms with E-state index in [1.54, 1.807) is 26.4 Å². The maximum atomic E-state index is 13.9. The van der Waals surface area contributed by atoms with Gasteiger partial charge in [0.15, 0.2) is 17.6 Å². The molecule has 0 amide bonds. The summed E-state index contributed by atoms with van der Waals surface area (Å²) >= 11 is 0. The second-order valence-electron chi connectivity index (χ2n) is 6.94. The minimum absolute atomic E-state index is 0.0513. The molecule has 0 radical (unpaired) electrons. The zero-order valence-corrected chi connectivity index (χ0v) is 17.1. The molecule has 1 fully saturated rings. The van der Waals surface area contributed by atoms with Gasteiger partial charge in [-0.3, -0.25) is 4.99 Å². The van der Waals surface area contributed by atoms with Gasteiger partial charge in [0.05, 0.1) is 13.7 Å². The fraction of sp³-hybridized carbons (Fsp3) is 0.429. The average Bonchev–Trinajstić information content (AvgIpc) is 3.20. The Balaban J connectivity index is 1.45. The maximum absolute atomic E-state index is 13.9. The fourth-order valence-corrected chi connectivity index (χ4v) is 3.24. The quantitative estimate of drug-likeness (QED) is 0.549. The smallest absolute Gasteiger partial charge is 0.191 e. The van der Waals surface area contributed by atoms with Crippen LogP contribution in [0.3, 0.4) is 0 Å². The third-order valence-electron chi connectivity index (χ3n) is 4.74. The van der Waals surface area contributed by atoms with Crippen molar-refractivity contribution in [1.82, 2.24) is 15.6 Å². The van der Waals surface area contributed by atoms with Crippen LogP contribution in [0.2, 0.25) is 0 Å². The van der Waals surface area contributed by atoms with E-state index >= 15 is 0 Å². The number of ether oxygens (including phenoxy) is 2. The van der Waals surface area contributed by atoms with Gasteiger partial charge < -0.3 is 25.0 Å². The van der Waals surface area contributed by atoms with E-state index < -0.39 is 0 Å². The highest BCUT2D eigenvalue weighted by Gasteiger charge is 2.26. The molecule has 1 aromatic heterocycles. The predicted octanol–water partition coefficient (Wildman–Crippen LogP) is 2.44. The average molecular weight is 401 g/mol. The zero-order chi connectivity index (χ0) is 20.6. The van der Waals surface area contributed by atoms with Gasteiger partial charge in [0.1, 0.15) is 17.6 Å². The van der Waals surface area contributed by atoms with E-state index in [4.69, 9.17) is 9.47 Å². The number of methoxy groups -OCH3 is 1. The Morgan fingerprint density at radius 3 is 2.76 bits per heavy atom.